The van der Waals surface area contributed by atoms with Gasteiger partial charge in [-0.05, 0) is 29.7 Å². The van der Waals surface area contributed by atoms with E-state index in [0.717, 1.165) is 18.5 Å². The van der Waals surface area contributed by atoms with Gasteiger partial charge >= 0.3 is 0 Å². The summed E-state index contributed by atoms with van der Waals surface area (Å²) in [7, 11) is 1.80. The molecule has 0 atom stereocenters. The van der Waals surface area contributed by atoms with Crippen molar-refractivity contribution in [3.63, 3.8) is 0 Å². The zero-order chi connectivity index (χ0) is 9.10. The maximum atomic E-state index is 3.97. The molecule has 1 aromatic rings. The van der Waals surface area contributed by atoms with Crippen LogP contribution in [0.15, 0.2) is 23.3 Å². The van der Waals surface area contributed by atoms with Gasteiger partial charge in [0.05, 0.1) is 6.21 Å². The van der Waals surface area contributed by atoms with Crippen molar-refractivity contribution < 1.29 is 0 Å². The molecule has 0 bridgehead atoms. The molecule has 2 rings (SSSR count). The lowest BCUT2D eigenvalue weighted by molar-refractivity contribution is 0.908. The van der Waals surface area contributed by atoms with Gasteiger partial charge in [0.25, 0.3) is 0 Å². The molecule has 0 unspecified atom stereocenters. The van der Waals surface area contributed by atoms with Crippen molar-refractivity contribution in [2.24, 2.45) is 5.10 Å². The summed E-state index contributed by atoms with van der Waals surface area (Å²) in [6.07, 6.45) is 2.95. The third-order valence-electron chi connectivity index (χ3n) is 2.18. The molecule has 68 valence electrons. The lowest BCUT2D eigenvalue weighted by atomic mass is 10.1. The third-order valence-corrected chi connectivity index (χ3v) is 2.18. The van der Waals surface area contributed by atoms with Gasteiger partial charge < -0.3 is 10.7 Å². The van der Waals surface area contributed by atoms with Gasteiger partial charge in [0.1, 0.15) is 0 Å². The Balaban J connectivity index is 2.25. The average molecular weight is 175 g/mol. The van der Waals surface area contributed by atoms with Crippen LogP contribution in [0.1, 0.15) is 11.1 Å². The molecule has 1 heterocycles. The molecule has 0 aliphatic carbocycles. The van der Waals surface area contributed by atoms with Crippen LogP contribution in [0.4, 0.5) is 5.69 Å². The maximum Gasteiger partial charge on any atom is 0.0540 e. The molecule has 1 aliphatic rings. The monoisotopic (exact) mass is 175 g/mol. The van der Waals surface area contributed by atoms with Crippen molar-refractivity contribution in [2.75, 3.05) is 18.9 Å². The van der Waals surface area contributed by atoms with Crippen LogP contribution in [0.2, 0.25) is 0 Å². The molecular formula is C10H13N3. The second kappa shape index (κ2) is 3.47. The van der Waals surface area contributed by atoms with E-state index in [0.29, 0.717) is 0 Å². The van der Waals surface area contributed by atoms with Gasteiger partial charge in [-0.3, -0.25) is 0 Å². The first-order valence-electron chi connectivity index (χ1n) is 4.47. The highest BCUT2D eigenvalue weighted by Crippen LogP contribution is 2.22. The summed E-state index contributed by atoms with van der Waals surface area (Å²) >= 11 is 0. The Labute approximate surface area is 77.9 Å². The Kier molecular flexibility index (Phi) is 2.17. The highest BCUT2D eigenvalue weighted by atomic mass is 15.3. The van der Waals surface area contributed by atoms with E-state index in [1.54, 1.807) is 7.05 Å². The number of nitrogens with zero attached hydrogens (tertiary/aromatic N) is 1. The second-order valence-electron chi connectivity index (χ2n) is 3.08. The molecule has 0 fully saturated rings. The van der Waals surface area contributed by atoms with Crippen molar-refractivity contribution >= 4 is 11.9 Å². The van der Waals surface area contributed by atoms with Crippen molar-refractivity contribution in [2.45, 2.75) is 6.42 Å². The van der Waals surface area contributed by atoms with Gasteiger partial charge in [0.15, 0.2) is 0 Å². The molecule has 0 saturated heterocycles. The summed E-state index contributed by atoms with van der Waals surface area (Å²) in [6, 6.07) is 6.35. The fourth-order valence-electron chi connectivity index (χ4n) is 1.54. The van der Waals surface area contributed by atoms with E-state index in [9.17, 15) is 0 Å². The Morgan fingerprint density at radius 2 is 2.46 bits per heavy atom. The summed E-state index contributed by atoms with van der Waals surface area (Å²) in [5, 5.41) is 7.30. The van der Waals surface area contributed by atoms with Gasteiger partial charge in [-0.15, -0.1) is 0 Å². The van der Waals surface area contributed by atoms with Crippen LogP contribution in [0, 0.1) is 0 Å². The quantitative estimate of drug-likeness (QED) is 0.523. The highest BCUT2D eigenvalue weighted by Gasteiger charge is 2.08. The van der Waals surface area contributed by atoms with Crippen LogP contribution < -0.4 is 10.7 Å². The Hall–Kier alpha value is -1.51. The summed E-state index contributed by atoms with van der Waals surface area (Å²) in [4.78, 5) is 0. The van der Waals surface area contributed by atoms with Crippen LogP contribution >= 0.6 is 0 Å². The van der Waals surface area contributed by atoms with Crippen molar-refractivity contribution in [3.05, 3.63) is 29.3 Å². The third kappa shape index (κ3) is 1.64. The summed E-state index contributed by atoms with van der Waals surface area (Å²) in [5.41, 5.74) is 6.54. The van der Waals surface area contributed by atoms with Gasteiger partial charge in [-0.2, -0.15) is 5.10 Å². The molecule has 3 heteroatoms. The number of hydrazone groups is 1. The molecule has 0 spiro atoms. The standard InChI is InChI=1S/C10H13N3/c1-11-13-7-8-2-3-10-9(6-8)4-5-12-10/h2-3,6-7,11-12H,4-5H2,1H3. The van der Waals surface area contributed by atoms with E-state index >= 15 is 0 Å². The van der Waals surface area contributed by atoms with Crippen molar-refractivity contribution in [3.8, 4) is 0 Å². The molecular weight excluding hydrogens is 162 g/mol. The predicted molar refractivity (Wildman–Crippen MR) is 55.3 cm³/mol. The molecule has 13 heavy (non-hydrogen) atoms. The summed E-state index contributed by atoms with van der Waals surface area (Å²) in [6.45, 7) is 1.06. The first-order chi connectivity index (χ1) is 6.40. The molecule has 1 aliphatic heterocycles. The number of fused-ring (bicyclic) bond motifs is 1. The number of hydrogen-bond donors (Lipinski definition) is 2. The molecule has 0 saturated carbocycles. The van der Waals surface area contributed by atoms with E-state index in [1.165, 1.54) is 11.3 Å². The Bertz CT molecular complexity index is 331. The first-order valence-corrected chi connectivity index (χ1v) is 4.47. The second-order valence-corrected chi connectivity index (χ2v) is 3.08. The van der Waals surface area contributed by atoms with Crippen LogP contribution in [0.5, 0.6) is 0 Å². The lowest BCUT2D eigenvalue weighted by Gasteiger charge is -1.99. The number of hydrogen-bond acceptors (Lipinski definition) is 3. The SMILES string of the molecule is CNN=Cc1ccc2c(c1)CCN2. The number of nitrogens with one attached hydrogen (secondary N) is 2. The minimum Gasteiger partial charge on any atom is -0.384 e. The number of anilines is 1. The van der Waals surface area contributed by atoms with E-state index in [-0.39, 0.29) is 0 Å². The topological polar surface area (TPSA) is 36.4 Å². The van der Waals surface area contributed by atoms with Crippen LogP contribution in [-0.2, 0) is 6.42 Å². The van der Waals surface area contributed by atoms with E-state index in [2.05, 4.69) is 34.0 Å². The van der Waals surface area contributed by atoms with Gasteiger partial charge in [0, 0.05) is 19.3 Å². The van der Waals surface area contributed by atoms with E-state index in [1.807, 2.05) is 6.21 Å². The van der Waals surface area contributed by atoms with Crippen molar-refractivity contribution in [1.29, 1.82) is 0 Å². The van der Waals surface area contributed by atoms with E-state index < -0.39 is 0 Å². The molecule has 2 N–H and O–H groups in total. The Morgan fingerprint density at radius 3 is 3.31 bits per heavy atom. The minimum absolute atomic E-state index is 1.06. The fraction of sp³-hybridized carbons (Fsp3) is 0.300. The van der Waals surface area contributed by atoms with E-state index in [4.69, 9.17) is 0 Å². The summed E-state index contributed by atoms with van der Waals surface area (Å²) < 4.78 is 0. The van der Waals surface area contributed by atoms with Crippen molar-refractivity contribution in [1.82, 2.24) is 5.43 Å². The van der Waals surface area contributed by atoms with Gasteiger partial charge in [-0.25, -0.2) is 0 Å². The molecule has 3 nitrogen and oxygen atoms in total. The zero-order valence-electron chi connectivity index (χ0n) is 7.67. The van der Waals surface area contributed by atoms with Crippen LogP contribution in [-0.4, -0.2) is 19.8 Å². The Morgan fingerprint density at radius 1 is 1.54 bits per heavy atom. The highest BCUT2D eigenvalue weighted by molar-refractivity contribution is 5.81. The first kappa shape index (κ1) is 8.10. The molecule has 0 aromatic heterocycles. The maximum absolute atomic E-state index is 3.97. The zero-order valence-corrected chi connectivity index (χ0v) is 7.67. The summed E-state index contributed by atoms with van der Waals surface area (Å²) in [5.74, 6) is 0. The number of benzene rings is 1. The normalized spacial score (nSPS) is 14.2. The van der Waals surface area contributed by atoms with Crippen LogP contribution in [0.25, 0.3) is 0 Å². The molecule has 1 aromatic carbocycles. The lowest BCUT2D eigenvalue weighted by Crippen LogP contribution is -1.95. The average Bonchev–Trinajstić information content (AvgIpc) is 2.61. The minimum atomic E-state index is 1.06. The van der Waals surface area contributed by atoms with Gasteiger partial charge in [0.2, 0.25) is 0 Å². The molecule has 0 amide bonds. The smallest absolute Gasteiger partial charge is 0.0540 e. The molecule has 0 radical (unpaired) electrons. The van der Waals surface area contributed by atoms with Gasteiger partial charge in [-0.1, -0.05) is 6.07 Å². The van der Waals surface area contributed by atoms with Crippen LogP contribution in [0.3, 0.4) is 0 Å². The predicted octanol–water partition coefficient (Wildman–Crippen LogP) is 1.21. The largest absolute Gasteiger partial charge is 0.384 e. The fourth-order valence-corrected chi connectivity index (χ4v) is 1.54. The number of rotatable bonds is 2.